The molecule has 1 aliphatic carbocycles. The fraction of sp³-hybridized carbons (Fsp3) is 0.500. The molecule has 0 spiro atoms. The van der Waals surface area contributed by atoms with Crippen molar-refractivity contribution in [3.8, 4) is 5.69 Å². The number of amides is 2. The number of nitrogens with one attached hydrogen (secondary N) is 1. The van der Waals surface area contributed by atoms with Crippen molar-refractivity contribution < 1.29 is 14.0 Å². The molecule has 154 valence electrons. The maximum Gasteiger partial charge on any atom is 0.243 e. The summed E-state index contributed by atoms with van der Waals surface area (Å²) >= 11 is 0. The van der Waals surface area contributed by atoms with Crippen LogP contribution in [0.25, 0.3) is 5.69 Å². The number of nitrogens with two attached hydrogens (primary N) is 1. The van der Waals surface area contributed by atoms with Crippen LogP contribution in [0.1, 0.15) is 37.7 Å². The molecular formula is C20H25FN6O2. The Kier molecular flexibility index (Phi) is 5.57. The lowest BCUT2D eigenvalue weighted by atomic mass is 10.1. The highest BCUT2D eigenvalue weighted by Crippen LogP contribution is 2.33. The van der Waals surface area contributed by atoms with Crippen molar-refractivity contribution in [2.75, 3.05) is 6.54 Å². The summed E-state index contributed by atoms with van der Waals surface area (Å²) in [5.74, 6) is -0.249. The molecule has 0 unspecified atom stereocenters. The summed E-state index contributed by atoms with van der Waals surface area (Å²) in [6.07, 6.45) is 7.22. The fourth-order valence-corrected chi connectivity index (χ4v) is 3.88. The van der Waals surface area contributed by atoms with Crippen LogP contribution in [-0.2, 0) is 16.1 Å². The maximum absolute atomic E-state index is 13.8. The van der Waals surface area contributed by atoms with E-state index >= 15 is 0 Å². The third-order valence-corrected chi connectivity index (χ3v) is 5.60. The molecule has 9 heteroatoms. The summed E-state index contributed by atoms with van der Waals surface area (Å²) in [6, 6.07) is 3.21. The van der Waals surface area contributed by atoms with Gasteiger partial charge in [-0.25, -0.2) is 14.1 Å². The van der Waals surface area contributed by atoms with Crippen LogP contribution in [0.2, 0.25) is 0 Å². The molecule has 2 aromatic rings. The van der Waals surface area contributed by atoms with Gasteiger partial charge in [-0.05, 0) is 48.9 Å². The number of nitrogens with zero attached hydrogens (tertiary/aromatic N) is 4. The van der Waals surface area contributed by atoms with Crippen LogP contribution in [0.4, 0.5) is 4.39 Å². The minimum Gasteiger partial charge on any atom is -0.350 e. The van der Waals surface area contributed by atoms with E-state index in [-0.39, 0.29) is 18.4 Å². The Morgan fingerprint density at radius 2 is 2.14 bits per heavy atom. The van der Waals surface area contributed by atoms with E-state index in [9.17, 15) is 14.0 Å². The molecule has 3 N–H and O–H groups in total. The van der Waals surface area contributed by atoms with E-state index in [4.69, 9.17) is 5.73 Å². The SMILES string of the molecule is N[C@H](CC1CC1)C(=O)N1CCC[C@H]1C(=O)NCc1cc(F)ccc1-n1cncn1. The molecule has 0 bridgehead atoms. The molecule has 0 radical (unpaired) electrons. The topological polar surface area (TPSA) is 106 Å². The highest BCUT2D eigenvalue weighted by atomic mass is 19.1. The second kappa shape index (κ2) is 8.28. The Morgan fingerprint density at radius 3 is 2.86 bits per heavy atom. The predicted molar refractivity (Wildman–Crippen MR) is 103 cm³/mol. The summed E-state index contributed by atoms with van der Waals surface area (Å²) in [6.45, 7) is 0.665. The third-order valence-electron chi connectivity index (χ3n) is 5.60. The standard InChI is InChI=1S/C20H25FN6O2/c21-15-5-6-17(27-12-23-11-25-27)14(9-15)10-24-19(28)18-2-1-7-26(18)20(29)16(22)8-13-3-4-13/h5-6,9,11-13,16,18H,1-4,7-8,10,22H2,(H,24,28)/t16-,18+/m1/s1. The molecule has 2 aliphatic rings. The van der Waals surface area contributed by atoms with Crippen molar-refractivity contribution in [2.24, 2.45) is 11.7 Å². The zero-order valence-electron chi connectivity index (χ0n) is 16.1. The lowest BCUT2D eigenvalue weighted by Gasteiger charge is -2.27. The Morgan fingerprint density at radius 1 is 1.31 bits per heavy atom. The molecule has 8 nitrogen and oxygen atoms in total. The number of hydrogen-bond acceptors (Lipinski definition) is 5. The zero-order chi connectivity index (χ0) is 20.4. The average Bonchev–Trinajstić information content (AvgIpc) is 3.18. The summed E-state index contributed by atoms with van der Waals surface area (Å²) in [4.78, 5) is 31.0. The van der Waals surface area contributed by atoms with Crippen molar-refractivity contribution in [3.05, 3.63) is 42.2 Å². The smallest absolute Gasteiger partial charge is 0.243 e. The van der Waals surface area contributed by atoms with Gasteiger partial charge in [0, 0.05) is 13.1 Å². The van der Waals surface area contributed by atoms with Gasteiger partial charge in [0.05, 0.1) is 11.7 Å². The molecule has 1 saturated carbocycles. The zero-order valence-corrected chi connectivity index (χ0v) is 16.1. The quantitative estimate of drug-likeness (QED) is 0.725. The summed E-state index contributed by atoms with van der Waals surface area (Å²) in [5, 5.41) is 6.91. The van der Waals surface area contributed by atoms with E-state index in [1.165, 1.54) is 29.5 Å². The van der Waals surface area contributed by atoms with E-state index in [1.54, 1.807) is 11.0 Å². The molecule has 2 atom stereocenters. The van der Waals surface area contributed by atoms with Gasteiger partial charge in [0.15, 0.2) is 0 Å². The van der Waals surface area contributed by atoms with E-state index in [0.717, 1.165) is 19.3 Å². The van der Waals surface area contributed by atoms with E-state index in [0.29, 0.717) is 36.6 Å². The summed E-state index contributed by atoms with van der Waals surface area (Å²) in [7, 11) is 0. The van der Waals surface area contributed by atoms with Crippen molar-refractivity contribution in [3.63, 3.8) is 0 Å². The average molecular weight is 400 g/mol. The number of benzene rings is 1. The van der Waals surface area contributed by atoms with E-state index < -0.39 is 17.9 Å². The van der Waals surface area contributed by atoms with Crippen LogP contribution in [-0.4, -0.2) is 50.1 Å². The Hall–Kier alpha value is -2.81. The van der Waals surface area contributed by atoms with Gasteiger partial charge in [-0.1, -0.05) is 12.8 Å². The minimum atomic E-state index is -0.543. The largest absolute Gasteiger partial charge is 0.350 e. The molecule has 1 aromatic heterocycles. The van der Waals surface area contributed by atoms with Crippen LogP contribution in [0.3, 0.4) is 0 Å². The number of carbonyl (C=O) groups is 2. The second-order valence-electron chi connectivity index (χ2n) is 7.81. The van der Waals surface area contributed by atoms with Gasteiger partial charge < -0.3 is 16.0 Å². The summed E-state index contributed by atoms with van der Waals surface area (Å²) < 4.78 is 15.3. The Balaban J connectivity index is 1.41. The molecule has 1 aromatic carbocycles. The normalized spacial score (nSPS) is 19.9. The van der Waals surface area contributed by atoms with Gasteiger partial charge >= 0.3 is 0 Å². The number of carbonyl (C=O) groups excluding carboxylic acids is 2. The minimum absolute atomic E-state index is 0.123. The first-order valence-corrected chi connectivity index (χ1v) is 10.00. The molecule has 1 saturated heterocycles. The predicted octanol–water partition coefficient (Wildman–Crippen LogP) is 1.14. The number of likely N-dealkylation sites (tertiary alicyclic amines) is 1. The maximum atomic E-state index is 13.8. The van der Waals surface area contributed by atoms with Gasteiger partial charge in [-0.3, -0.25) is 9.59 Å². The molecule has 1 aliphatic heterocycles. The van der Waals surface area contributed by atoms with Crippen LogP contribution in [0, 0.1) is 11.7 Å². The molecule has 4 rings (SSSR count). The van der Waals surface area contributed by atoms with Crippen molar-refractivity contribution in [1.29, 1.82) is 0 Å². The lowest BCUT2D eigenvalue weighted by molar-refractivity contribution is -0.139. The van der Waals surface area contributed by atoms with Crippen LogP contribution in [0.5, 0.6) is 0 Å². The van der Waals surface area contributed by atoms with E-state index in [2.05, 4.69) is 15.4 Å². The highest BCUT2D eigenvalue weighted by Gasteiger charge is 2.37. The van der Waals surface area contributed by atoms with Gasteiger partial charge in [0.2, 0.25) is 11.8 Å². The first kappa shape index (κ1) is 19.5. The number of halogens is 1. The van der Waals surface area contributed by atoms with Crippen molar-refractivity contribution in [2.45, 2.75) is 50.7 Å². The lowest BCUT2D eigenvalue weighted by Crippen LogP contribution is -2.51. The van der Waals surface area contributed by atoms with Gasteiger partial charge in [-0.15, -0.1) is 0 Å². The van der Waals surface area contributed by atoms with Crippen LogP contribution >= 0.6 is 0 Å². The van der Waals surface area contributed by atoms with Crippen molar-refractivity contribution in [1.82, 2.24) is 25.0 Å². The molecule has 29 heavy (non-hydrogen) atoms. The molecular weight excluding hydrogens is 375 g/mol. The van der Waals surface area contributed by atoms with E-state index in [1.807, 2.05) is 0 Å². The van der Waals surface area contributed by atoms with Gasteiger partial charge in [0.25, 0.3) is 0 Å². The van der Waals surface area contributed by atoms with Crippen LogP contribution in [0.15, 0.2) is 30.9 Å². The Bertz CT molecular complexity index is 883. The van der Waals surface area contributed by atoms with Gasteiger partial charge in [0.1, 0.15) is 24.5 Å². The first-order chi connectivity index (χ1) is 14.0. The fourth-order valence-electron chi connectivity index (χ4n) is 3.88. The number of rotatable bonds is 7. The monoisotopic (exact) mass is 400 g/mol. The third kappa shape index (κ3) is 4.45. The molecule has 2 amide bonds. The number of aromatic nitrogens is 3. The highest BCUT2D eigenvalue weighted by molar-refractivity contribution is 5.90. The Labute approximate surface area is 168 Å². The summed E-state index contributed by atoms with van der Waals surface area (Å²) in [5.41, 5.74) is 7.28. The number of hydrogen-bond donors (Lipinski definition) is 2. The van der Waals surface area contributed by atoms with Gasteiger partial charge in [-0.2, -0.15) is 5.10 Å². The molecule has 2 fully saturated rings. The first-order valence-electron chi connectivity index (χ1n) is 10.00. The second-order valence-corrected chi connectivity index (χ2v) is 7.81. The van der Waals surface area contributed by atoms with Crippen LogP contribution < -0.4 is 11.1 Å². The molecule has 2 heterocycles. The van der Waals surface area contributed by atoms with Crippen molar-refractivity contribution >= 4 is 11.8 Å².